The number of nitrogens with one attached hydrogen (secondary N) is 1. The summed E-state index contributed by atoms with van der Waals surface area (Å²) in [6, 6.07) is 13.2. The Kier molecular flexibility index (Phi) is 8.00. The molecule has 166 valence electrons. The second-order valence-electron chi connectivity index (χ2n) is 8.04. The number of ether oxygens (including phenoxy) is 1. The first-order valence-electron chi connectivity index (χ1n) is 10.6. The van der Waals surface area contributed by atoms with Crippen LogP contribution in [0.5, 0.6) is 5.75 Å². The van der Waals surface area contributed by atoms with Gasteiger partial charge in [-0.15, -0.1) is 0 Å². The van der Waals surface area contributed by atoms with Gasteiger partial charge in [0, 0.05) is 25.7 Å². The maximum atomic E-state index is 13.0. The standard InChI is InChI=1S/C24H30FN3O3/c1-27(24(30)26-15-18-3-9-22(31-2)10-4-18)16-19-11-13-28(14-12-19)17-23(29)20-5-7-21(25)8-6-20/h3-10,19H,11-17H2,1-2H3,(H,26,30). The summed E-state index contributed by atoms with van der Waals surface area (Å²) < 4.78 is 18.2. The van der Waals surface area contributed by atoms with Crippen LogP contribution in [0.15, 0.2) is 48.5 Å². The van der Waals surface area contributed by atoms with Crippen LogP contribution in [0, 0.1) is 11.7 Å². The number of piperidine rings is 1. The van der Waals surface area contributed by atoms with Gasteiger partial charge in [0.1, 0.15) is 11.6 Å². The number of benzene rings is 2. The molecule has 0 saturated carbocycles. The molecule has 1 N–H and O–H groups in total. The molecule has 1 aliphatic heterocycles. The summed E-state index contributed by atoms with van der Waals surface area (Å²) in [4.78, 5) is 28.6. The molecular formula is C24H30FN3O3. The first kappa shape index (κ1) is 22.7. The first-order valence-corrected chi connectivity index (χ1v) is 10.6. The van der Waals surface area contributed by atoms with Gasteiger partial charge in [0.2, 0.25) is 0 Å². The van der Waals surface area contributed by atoms with Crippen LogP contribution in [-0.2, 0) is 6.54 Å². The van der Waals surface area contributed by atoms with Crippen LogP contribution < -0.4 is 10.1 Å². The molecule has 0 radical (unpaired) electrons. The molecule has 1 saturated heterocycles. The molecular weight excluding hydrogens is 397 g/mol. The third-order valence-electron chi connectivity index (χ3n) is 5.72. The summed E-state index contributed by atoms with van der Waals surface area (Å²) in [5.74, 6) is 0.870. The highest BCUT2D eigenvalue weighted by atomic mass is 19.1. The van der Waals surface area contributed by atoms with Crippen molar-refractivity contribution in [1.82, 2.24) is 15.1 Å². The van der Waals surface area contributed by atoms with Gasteiger partial charge in [-0.3, -0.25) is 9.69 Å². The minimum Gasteiger partial charge on any atom is -0.497 e. The molecule has 6 nitrogen and oxygen atoms in total. The first-order chi connectivity index (χ1) is 14.9. The largest absolute Gasteiger partial charge is 0.497 e. The van der Waals surface area contributed by atoms with Crippen LogP contribution in [0.1, 0.15) is 28.8 Å². The van der Waals surface area contributed by atoms with Crippen molar-refractivity contribution in [2.45, 2.75) is 19.4 Å². The molecule has 3 rings (SSSR count). The molecule has 0 spiro atoms. The SMILES string of the molecule is COc1ccc(CNC(=O)N(C)CC2CCN(CC(=O)c3ccc(F)cc3)CC2)cc1. The fraction of sp³-hybridized carbons (Fsp3) is 0.417. The normalized spacial score (nSPS) is 14.8. The zero-order chi connectivity index (χ0) is 22.2. The number of amides is 2. The fourth-order valence-corrected chi connectivity index (χ4v) is 3.78. The third-order valence-corrected chi connectivity index (χ3v) is 5.72. The summed E-state index contributed by atoms with van der Waals surface area (Å²) in [7, 11) is 3.44. The maximum Gasteiger partial charge on any atom is 0.317 e. The molecule has 0 bridgehead atoms. The van der Waals surface area contributed by atoms with Gasteiger partial charge in [-0.1, -0.05) is 12.1 Å². The van der Waals surface area contributed by atoms with E-state index < -0.39 is 0 Å². The molecule has 7 heteroatoms. The lowest BCUT2D eigenvalue weighted by Gasteiger charge is -2.33. The quantitative estimate of drug-likeness (QED) is 0.655. The average Bonchev–Trinajstić information content (AvgIpc) is 2.79. The van der Waals surface area contributed by atoms with Gasteiger partial charge in [-0.05, 0) is 73.8 Å². The zero-order valence-electron chi connectivity index (χ0n) is 18.1. The van der Waals surface area contributed by atoms with Crippen molar-refractivity contribution in [2.75, 3.05) is 40.3 Å². The van der Waals surface area contributed by atoms with E-state index in [4.69, 9.17) is 4.74 Å². The van der Waals surface area contributed by atoms with E-state index in [1.165, 1.54) is 24.3 Å². The van der Waals surface area contributed by atoms with Crippen molar-refractivity contribution in [2.24, 2.45) is 5.92 Å². The number of Topliss-reactive ketones (excluding diaryl/α,β-unsaturated/α-hetero) is 1. The van der Waals surface area contributed by atoms with Crippen molar-refractivity contribution in [3.8, 4) is 5.75 Å². The zero-order valence-corrected chi connectivity index (χ0v) is 18.1. The maximum absolute atomic E-state index is 13.0. The number of nitrogens with zero attached hydrogens (tertiary/aromatic N) is 2. The number of hydrogen-bond donors (Lipinski definition) is 1. The van der Waals surface area contributed by atoms with Gasteiger partial charge < -0.3 is 15.0 Å². The van der Waals surface area contributed by atoms with E-state index in [1.54, 1.807) is 12.0 Å². The van der Waals surface area contributed by atoms with Crippen LogP contribution >= 0.6 is 0 Å². The Morgan fingerprint density at radius 1 is 1.10 bits per heavy atom. The van der Waals surface area contributed by atoms with Crippen LogP contribution in [0.4, 0.5) is 9.18 Å². The Bertz CT molecular complexity index is 863. The lowest BCUT2D eigenvalue weighted by atomic mass is 9.96. The topological polar surface area (TPSA) is 61.9 Å². The molecule has 2 aromatic rings. The van der Waals surface area contributed by atoms with Gasteiger partial charge in [0.25, 0.3) is 0 Å². The molecule has 2 amide bonds. The monoisotopic (exact) mass is 427 g/mol. The molecule has 0 aromatic heterocycles. The fourth-order valence-electron chi connectivity index (χ4n) is 3.78. The number of halogens is 1. The van der Waals surface area contributed by atoms with E-state index in [0.717, 1.165) is 37.2 Å². The van der Waals surface area contributed by atoms with Crippen molar-refractivity contribution in [3.05, 3.63) is 65.5 Å². The van der Waals surface area contributed by atoms with Gasteiger partial charge in [0.15, 0.2) is 5.78 Å². The van der Waals surface area contributed by atoms with Crippen molar-refractivity contribution < 1.29 is 18.7 Å². The third kappa shape index (κ3) is 6.79. The predicted molar refractivity (Wildman–Crippen MR) is 118 cm³/mol. The lowest BCUT2D eigenvalue weighted by molar-refractivity contribution is 0.0886. The number of carbonyl (C=O) groups excluding carboxylic acids is 2. The number of ketones is 1. The number of carbonyl (C=O) groups is 2. The van der Waals surface area contributed by atoms with Crippen LogP contribution in [-0.4, -0.2) is 62.0 Å². The number of urea groups is 1. The van der Waals surface area contributed by atoms with Crippen molar-refractivity contribution in [3.63, 3.8) is 0 Å². The van der Waals surface area contributed by atoms with E-state index in [0.29, 0.717) is 31.1 Å². The smallest absolute Gasteiger partial charge is 0.317 e. The van der Waals surface area contributed by atoms with E-state index in [9.17, 15) is 14.0 Å². The van der Waals surface area contributed by atoms with Gasteiger partial charge >= 0.3 is 6.03 Å². The molecule has 1 fully saturated rings. The number of rotatable bonds is 8. The molecule has 2 aromatic carbocycles. The number of likely N-dealkylation sites (tertiary alicyclic amines) is 1. The minimum atomic E-state index is -0.338. The summed E-state index contributed by atoms with van der Waals surface area (Å²) in [5.41, 5.74) is 1.55. The highest BCUT2D eigenvalue weighted by Crippen LogP contribution is 2.19. The molecule has 31 heavy (non-hydrogen) atoms. The van der Waals surface area contributed by atoms with Crippen LogP contribution in [0.25, 0.3) is 0 Å². The number of methoxy groups -OCH3 is 1. The highest BCUT2D eigenvalue weighted by molar-refractivity contribution is 5.97. The molecule has 0 aliphatic carbocycles. The van der Waals surface area contributed by atoms with Gasteiger partial charge in [-0.2, -0.15) is 0 Å². The van der Waals surface area contributed by atoms with Gasteiger partial charge in [0.05, 0.1) is 13.7 Å². The van der Waals surface area contributed by atoms with Crippen LogP contribution in [0.2, 0.25) is 0 Å². The van der Waals surface area contributed by atoms with Crippen molar-refractivity contribution in [1.29, 1.82) is 0 Å². The molecule has 0 unspecified atom stereocenters. The van der Waals surface area contributed by atoms with Gasteiger partial charge in [-0.25, -0.2) is 9.18 Å². The summed E-state index contributed by atoms with van der Waals surface area (Å²) >= 11 is 0. The van der Waals surface area contributed by atoms with Crippen LogP contribution in [0.3, 0.4) is 0 Å². The van der Waals surface area contributed by atoms with E-state index in [2.05, 4.69) is 10.2 Å². The molecule has 1 heterocycles. The Balaban J connectivity index is 1.37. The molecule has 1 aliphatic rings. The number of hydrogen-bond acceptors (Lipinski definition) is 4. The highest BCUT2D eigenvalue weighted by Gasteiger charge is 2.23. The Morgan fingerprint density at radius 3 is 2.35 bits per heavy atom. The van der Waals surface area contributed by atoms with Crippen molar-refractivity contribution >= 4 is 11.8 Å². The van der Waals surface area contributed by atoms with E-state index >= 15 is 0 Å². The second kappa shape index (κ2) is 10.9. The average molecular weight is 428 g/mol. The Hall–Kier alpha value is -2.93. The predicted octanol–water partition coefficient (Wildman–Crippen LogP) is 3.57. The Morgan fingerprint density at radius 2 is 1.74 bits per heavy atom. The van der Waals surface area contributed by atoms with E-state index in [-0.39, 0.29) is 17.6 Å². The Labute approximate surface area is 183 Å². The molecule has 0 atom stereocenters. The summed E-state index contributed by atoms with van der Waals surface area (Å²) in [6.45, 7) is 3.14. The van der Waals surface area contributed by atoms with E-state index in [1.807, 2.05) is 31.3 Å². The lowest BCUT2D eigenvalue weighted by Crippen LogP contribution is -2.43. The second-order valence-corrected chi connectivity index (χ2v) is 8.04. The minimum absolute atomic E-state index is 0.00785. The summed E-state index contributed by atoms with van der Waals surface area (Å²) in [5, 5.41) is 2.95. The summed E-state index contributed by atoms with van der Waals surface area (Å²) in [6.07, 6.45) is 1.87.